The Kier molecular flexibility index (Phi) is 6.84. The molecule has 0 aliphatic rings. The van der Waals surface area contributed by atoms with Gasteiger partial charge in [-0.3, -0.25) is 4.68 Å². The Morgan fingerprint density at radius 3 is 2.52 bits per heavy atom. The number of guanidine groups is 1. The van der Waals surface area contributed by atoms with Crippen LogP contribution in [-0.4, -0.2) is 33.9 Å². The molecule has 1 unspecified atom stereocenters. The van der Waals surface area contributed by atoms with Gasteiger partial charge >= 0.3 is 0 Å². The zero-order valence-electron chi connectivity index (χ0n) is 15.2. The van der Waals surface area contributed by atoms with Crippen molar-refractivity contribution >= 4 is 17.6 Å². The van der Waals surface area contributed by atoms with Gasteiger partial charge in [-0.1, -0.05) is 23.7 Å². The monoisotopic (exact) mass is 363 g/mol. The molecular weight excluding hydrogens is 338 g/mol. The third kappa shape index (κ3) is 5.21. The predicted molar refractivity (Wildman–Crippen MR) is 102 cm³/mol. The molecule has 0 aliphatic carbocycles. The first kappa shape index (κ1) is 19.3. The van der Waals surface area contributed by atoms with Crippen molar-refractivity contribution in [3.8, 4) is 0 Å². The SMILES string of the molecule is CCNC(=NCc1c(C)nn(C)c1C)NCC(O)c1ccc(Cl)cc1. The number of nitrogens with zero attached hydrogens (tertiary/aromatic N) is 3. The maximum absolute atomic E-state index is 10.3. The van der Waals surface area contributed by atoms with Crippen molar-refractivity contribution in [2.24, 2.45) is 12.0 Å². The minimum absolute atomic E-state index is 0.360. The Morgan fingerprint density at radius 1 is 1.28 bits per heavy atom. The summed E-state index contributed by atoms with van der Waals surface area (Å²) in [6.07, 6.45) is -0.636. The van der Waals surface area contributed by atoms with Gasteiger partial charge in [-0.15, -0.1) is 0 Å². The molecular formula is C18H26ClN5O. The molecule has 2 aromatic rings. The van der Waals surface area contributed by atoms with Gasteiger partial charge in [0.25, 0.3) is 0 Å². The largest absolute Gasteiger partial charge is 0.387 e. The van der Waals surface area contributed by atoms with Crippen molar-refractivity contribution in [1.29, 1.82) is 0 Å². The minimum Gasteiger partial charge on any atom is -0.387 e. The van der Waals surface area contributed by atoms with Crippen LogP contribution in [0.1, 0.15) is 35.5 Å². The van der Waals surface area contributed by atoms with Gasteiger partial charge in [-0.05, 0) is 38.5 Å². The fourth-order valence-electron chi connectivity index (χ4n) is 2.54. The highest BCUT2D eigenvalue weighted by molar-refractivity contribution is 6.30. The molecule has 0 saturated heterocycles. The third-order valence-corrected chi connectivity index (χ3v) is 4.37. The summed E-state index contributed by atoms with van der Waals surface area (Å²) in [4.78, 5) is 4.61. The van der Waals surface area contributed by atoms with Crippen molar-refractivity contribution in [3.05, 3.63) is 51.8 Å². The summed E-state index contributed by atoms with van der Waals surface area (Å²) in [5.74, 6) is 0.665. The van der Waals surface area contributed by atoms with E-state index in [9.17, 15) is 5.11 Å². The van der Waals surface area contributed by atoms with E-state index < -0.39 is 6.10 Å². The molecule has 7 heteroatoms. The van der Waals surface area contributed by atoms with Crippen LogP contribution in [0.15, 0.2) is 29.3 Å². The summed E-state index contributed by atoms with van der Waals surface area (Å²) >= 11 is 5.88. The van der Waals surface area contributed by atoms with Gasteiger partial charge in [0.1, 0.15) is 0 Å². The van der Waals surface area contributed by atoms with Gasteiger partial charge < -0.3 is 15.7 Å². The standard InChI is InChI=1S/C18H26ClN5O/c1-5-20-18(21-10-16-12(2)23-24(4)13(16)3)22-11-17(25)14-6-8-15(19)9-7-14/h6-9,17,25H,5,10-11H2,1-4H3,(H2,20,21,22). The molecule has 1 aromatic heterocycles. The quantitative estimate of drug-likeness (QED) is 0.544. The predicted octanol–water partition coefficient (Wildman–Crippen LogP) is 2.48. The van der Waals surface area contributed by atoms with Gasteiger partial charge in [-0.2, -0.15) is 5.10 Å². The summed E-state index contributed by atoms with van der Waals surface area (Å²) in [6.45, 7) is 7.68. The lowest BCUT2D eigenvalue weighted by Crippen LogP contribution is -2.39. The summed E-state index contributed by atoms with van der Waals surface area (Å²) in [7, 11) is 1.93. The highest BCUT2D eigenvalue weighted by Gasteiger charge is 2.11. The molecule has 6 nitrogen and oxygen atoms in total. The van der Waals surface area contributed by atoms with E-state index in [0.717, 1.165) is 29.1 Å². The summed E-state index contributed by atoms with van der Waals surface area (Å²) in [5.41, 5.74) is 4.03. The number of benzene rings is 1. The molecule has 0 amide bonds. The number of aliphatic hydroxyl groups excluding tert-OH is 1. The molecule has 1 aromatic carbocycles. The molecule has 2 rings (SSSR count). The van der Waals surface area contributed by atoms with Crippen molar-refractivity contribution in [2.45, 2.75) is 33.4 Å². The van der Waals surface area contributed by atoms with Gasteiger partial charge in [-0.25, -0.2) is 4.99 Å². The molecule has 0 bridgehead atoms. The molecule has 0 radical (unpaired) electrons. The van der Waals surface area contributed by atoms with Gasteiger partial charge in [0.2, 0.25) is 0 Å². The van der Waals surface area contributed by atoms with E-state index in [2.05, 4.69) is 20.7 Å². The van der Waals surface area contributed by atoms with E-state index in [4.69, 9.17) is 11.6 Å². The van der Waals surface area contributed by atoms with Gasteiger partial charge in [0.15, 0.2) is 5.96 Å². The Balaban J connectivity index is 2.01. The van der Waals surface area contributed by atoms with E-state index in [1.54, 1.807) is 12.1 Å². The molecule has 1 atom stereocenters. The van der Waals surface area contributed by atoms with Crippen molar-refractivity contribution in [1.82, 2.24) is 20.4 Å². The summed E-state index contributed by atoms with van der Waals surface area (Å²) < 4.78 is 1.87. The average molecular weight is 364 g/mol. The van der Waals surface area contributed by atoms with E-state index >= 15 is 0 Å². The number of nitrogens with one attached hydrogen (secondary N) is 2. The molecule has 0 aliphatic heterocycles. The number of aryl methyl sites for hydroxylation is 2. The summed E-state index contributed by atoms with van der Waals surface area (Å²) in [5, 5.41) is 21.7. The molecule has 136 valence electrons. The van der Waals surface area contributed by atoms with Crippen LogP contribution in [0, 0.1) is 13.8 Å². The number of hydrogen-bond donors (Lipinski definition) is 3. The lowest BCUT2D eigenvalue weighted by atomic mass is 10.1. The maximum atomic E-state index is 10.3. The van der Waals surface area contributed by atoms with Crippen LogP contribution in [0.5, 0.6) is 0 Å². The number of aromatic nitrogens is 2. The van der Waals surface area contributed by atoms with E-state index in [1.165, 1.54) is 0 Å². The number of hydrogen-bond acceptors (Lipinski definition) is 3. The molecule has 1 heterocycles. The summed E-state index contributed by atoms with van der Waals surface area (Å²) in [6, 6.07) is 7.18. The van der Waals surface area contributed by atoms with Crippen LogP contribution >= 0.6 is 11.6 Å². The fraction of sp³-hybridized carbons (Fsp3) is 0.444. The minimum atomic E-state index is -0.636. The van der Waals surface area contributed by atoms with Gasteiger partial charge in [0.05, 0.1) is 18.3 Å². The van der Waals surface area contributed by atoms with Crippen molar-refractivity contribution < 1.29 is 5.11 Å². The lowest BCUT2D eigenvalue weighted by molar-refractivity contribution is 0.181. The first-order valence-corrected chi connectivity index (χ1v) is 8.75. The molecule has 25 heavy (non-hydrogen) atoms. The fourth-order valence-corrected chi connectivity index (χ4v) is 2.67. The first-order chi connectivity index (χ1) is 11.9. The Hall–Kier alpha value is -2.05. The van der Waals surface area contributed by atoms with Gasteiger partial charge in [0, 0.05) is 36.4 Å². The normalized spacial score (nSPS) is 13.0. The highest BCUT2D eigenvalue weighted by atomic mass is 35.5. The van der Waals surface area contributed by atoms with Crippen LogP contribution in [-0.2, 0) is 13.6 Å². The van der Waals surface area contributed by atoms with E-state index in [0.29, 0.717) is 24.1 Å². The second kappa shape index (κ2) is 8.87. The first-order valence-electron chi connectivity index (χ1n) is 8.37. The van der Waals surface area contributed by atoms with Crippen LogP contribution in [0.2, 0.25) is 5.02 Å². The molecule has 0 spiro atoms. The van der Waals surface area contributed by atoms with Crippen LogP contribution < -0.4 is 10.6 Å². The molecule has 0 saturated carbocycles. The topological polar surface area (TPSA) is 74.5 Å². The zero-order valence-corrected chi connectivity index (χ0v) is 15.9. The highest BCUT2D eigenvalue weighted by Crippen LogP contribution is 2.16. The molecule has 0 fully saturated rings. The second-order valence-corrected chi connectivity index (χ2v) is 6.35. The third-order valence-electron chi connectivity index (χ3n) is 4.12. The maximum Gasteiger partial charge on any atom is 0.191 e. The number of rotatable bonds is 6. The van der Waals surface area contributed by atoms with E-state index in [-0.39, 0.29) is 0 Å². The van der Waals surface area contributed by atoms with Crippen molar-refractivity contribution in [2.75, 3.05) is 13.1 Å². The van der Waals surface area contributed by atoms with Crippen molar-refractivity contribution in [3.63, 3.8) is 0 Å². The number of halogens is 1. The number of aliphatic hydroxyl groups is 1. The zero-order chi connectivity index (χ0) is 18.4. The lowest BCUT2D eigenvalue weighted by Gasteiger charge is -2.15. The smallest absolute Gasteiger partial charge is 0.191 e. The Morgan fingerprint density at radius 2 is 1.96 bits per heavy atom. The molecule has 3 N–H and O–H groups in total. The number of aliphatic imine (C=N–C) groups is 1. The Bertz CT molecular complexity index is 724. The van der Waals surface area contributed by atoms with Crippen LogP contribution in [0.3, 0.4) is 0 Å². The van der Waals surface area contributed by atoms with Crippen LogP contribution in [0.25, 0.3) is 0 Å². The Labute approximate surface area is 153 Å². The second-order valence-electron chi connectivity index (χ2n) is 5.92. The van der Waals surface area contributed by atoms with E-state index in [1.807, 2.05) is 44.6 Å². The van der Waals surface area contributed by atoms with Crippen LogP contribution in [0.4, 0.5) is 0 Å². The average Bonchev–Trinajstić information content (AvgIpc) is 2.83.